The number of ether oxygens (including phenoxy) is 1. The summed E-state index contributed by atoms with van der Waals surface area (Å²) < 4.78 is 5.70. The van der Waals surface area contributed by atoms with Crippen LogP contribution in [-0.2, 0) is 29.3 Å². The quantitative estimate of drug-likeness (QED) is 0.614. The summed E-state index contributed by atoms with van der Waals surface area (Å²) in [6, 6.07) is 17.5. The van der Waals surface area contributed by atoms with Gasteiger partial charge in [-0.15, -0.1) is 11.3 Å². The van der Waals surface area contributed by atoms with Crippen molar-refractivity contribution in [3.63, 3.8) is 0 Å². The highest BCUT2D eigenvalue weighted by Crippen LogP contribution is 2.16. The Morgan fingerprint density at radius 1 is 1.08 bits per heavy atom. The van der Waals surface area contributed by atoms with Crippen molar-refractivity contribution in [2.75, 3.05) is 0 Å². The summed E-state index contributed by atoms with van der Waals surface area (Å²) in [5.74, 6) is 0.580. The van der Waals surface area contributed by atoms with Crippen molar-refractivity contribution in [2.24, 2.45) is 0 Å². The van der Waals surface area contributed by atoms with E-state index in [1.807, 2.05) is 66.9 Å². The van der Waals surface area contributed by atoms with E-state index in [-0.39, 0.29) is 12.3 Å². The number of nitrogens with zero attached hydrogens (tertiary/aromatic N) is 1. The molecule has 0 saturated carbocycles. The molecule has 3 aromatic rings. The van der Waals surface area contributed by atoms with Gasteiger partial charge in [0.05, 0.1) is 18.7 Å². The average molecular weight is 368 g/mol. The Balaban J connectivity index is 1.41. The zero-order valence-electron chi connectivity index (χ0n) is 14.5. The average Bonchev–Trinajstić information content (AvgIpc) is 3.09. The predicted octanol–water partition coefficient (Wildman–Crippen LogP) is 3.82. The molecule has 1 amide bonds. The maximum absolute atomic E-state index is 11.9. The number of aryl methyl sites for hydroxylation is 1. The Morgan fingerprint density at radius 3 is 2.62 bits per heavy atom. The van der Waals surface area contributed by atoms with Gasteiger partial charge in [-0.1, -0.05) is 48.0 Å². The molecule has 0 spiro atoms. The number of thiazole rings is 1. The molecule has 0 aliphatic rings. The van der Waals surface area contributed by atoms with Crippen LogP contribution in [0.1, 0.15) is 21.8 Å². The molecule has 0 fully saturated rings. The number of hydrogen-bond acceptors (Lipinski definition) is 5. The van der Waals surface area contributed by atoms with Gasteiger partial charge in [-0.3, -0.25) is 9.63 Å². The second kappa shape index (κ2) is 9.12. The normalized spacial score (nSPS) is 10.5. The van der Waals surface area contributed by atoms with Crippen molar-refractivity contribution in [1.82, 2.24) is 10.5 Å². The summed E-state index contributed by atoms with van der Waals surface area (Å²) in [5, 5.41) is 2.70. The van der Waals surface area contributed by atoms with Crippen molar-refractivity contribution in [3.05, 3.63) is 81.8 Å². The Hall–Kier alpha value is -2.70. The summed E-state index contributed by atoms with van der Waals surface area (Å²) in [7, 11) is 0. The Morgan fingerprint density at radius 2 is 1.85 bits per heavy atom. The van der Waals surface area contributed by atoms with E-state index in [0.29, 0.717) is 18.9 Å². The van der Waals surface area contributed by atoms with Crippen molar-refractivity contribution in [3.8, 4) is 5.75 Å². The first-order valence-corrected chi connectivity index (χ1v) is 9.14. The first-order chi connectivity index (χ1) is 12.7. The summed E-state index contributed by atoms with van der Waals surface area (Å²) in [6.07, 6.45) is 0.176. The van der Waals surface area contributed by atoms with Crippen LogP contribution in [0.5, 0.6) is 5.75 Å². The minimum absolute atomic E-state index is 0.176. The molecule has 0 radical (unpaired) electrons. The molecule has 2 aromatic carbocycles. The molecular weight excluding hydrogens is 348 g/mol. The number of benzene rings is 2. The lowest BCUT2D eigenvalue weighted by Crippen LogP contribution is -2.25. The number of rotatable bonds is 8. The second-order valence-electron chi connectivity index (χ2n) is 5.81. The fourth-order valence-corrected chi connectivity index (χ4v) is 2.96. The number of carbonyl (C=O) groups excluding carboxylic acids is 1. The highest BCUT2D eigenvalue weighted by Gasteiger charge is 2.08. The van der Waals surface area contributed by atoms with Gasteiger partial charge in [-0.2, -0.15) is 0 Å². The van der Waals surface area contributed by atoms with Crippen molar-refractivity contribution >= 4 is 17.2 Å². The summed E-state index contributed by atoms with van der Waals surface area (Å²) in [4.78, 5) is 21.6. The molecule has 134 valence electrons. The van der Waals surface area contributed by atoms with Crippen molar-refractivity contribution in [2.45, 2.75) is 26.6 Å². The van der Waals surface area contributed by atoms with Gasteiger partial charge in [0, 0.05) is 5.38 Å². The molecule has 0 aliphatic carbocycles. The van der Waals surface area contributed by atoms with Crippen molar-refractivity contribution in [1.29, 1.82) is 0 Å². The number of nitrogens with one attached hydrogen (secondary N) is 1. The lowest BCUT2D eigenvalue weighted by molar-refractivity contribution is -0.133. The van der Waals surface area contributed by atoms with Gasteiger partial charge in [0.15, 0.2) is 0 Å². The lowest BCUT2D eigenvalue weighted by Gasteiger charge is -2.05. The van der Waals surface area contributed by atoms with Crippen LogP contribution in [0.4, 0.5) is 0 Å². The van der Waals surface area contributed by atoms with Crippen LogP contribution in [0.2, 0.25) is 0 Å². The molecule has 0 saturated heterocycles. The third kappa shape index (κ3) is 5.68. The molecular formula is C20H20N2O3S. The zero-order chi connectivity index (χ0) is 18.2. The molecule has 26 heavy (non-hydrogen) atoms. The third-order valence-electron chi connectivity index (χ3n) is 3.59. The Kier molecular flexibility index (Phi) is 6.35. The molecule has 6 heteroatoms. The van der Waals surface area contributed by atoms with Gasteiger partial charge in [-0.05, 0) is 24.6 Å². The summed E-state index contributed by atoms with van der Waals surface area (Å²) in [6.45, 7) is 2.75. The molecule has 0 bridgehead atoms. The fraction of sp³-hybridized carbons (Fsp3) is 0.200. The predicted molar refractivity (Wildman–Crippen MR) is 101 cm³/mol. The number of aromatic nitrogens is 1. The van der Waals surface area contributed by atoms with Gasteiger partial charge in [-0.25, -0.2) is 10.5 Å². The molecule has 1 N–H and O–H groups in total. The van der Waals surface area contributed by atoms with E-state index in [1.165, 1.54) is 16.9 Å². The number of hydrogen-bond donors (Lipinski definition) is 1. The standard InChI is InChI=1S/C20H20N2O3S/c1-15-7-9-18(10-8-15)24-13-20-21-17(14-26-20)11-19(23)22-25-12-16-5-3-2-4-6-16/h2-10,14H,11-13H2,1H3,(H,22,23). The van der Waals surface area contributed by atoms with Gasteiger partial charge >= 0.3 is 0 Å². The Bertz CT molecular complexity index is 832. The fourth-order valence-electron chi connectivity index (χ4n) is 2.25. The van der Waals surface area contributed by atoms with Crippen LogP contribution < -0.4 is 10.2 Å². The van der Waals surface area contributed by atoms with E-state index in [4.69, 9.17) is 9.57 Å². The first kappa shape index (κ1) is 18.1. The minimum atomic E-state index is -0.225. The number of hydroxylamine groups is 1. The van der Waals surface area contributed by atoms with Crippen molar-refractivity contribution < 1.29 is 14.4 Å². The van der Waals surface area contributed by atoms with Crippen LogP contribution >= 0.6 is 11.3 Å². The largest absolute Gasteiger partial charge is 0.486 e. The van der Waals surface area contributed by atoms with Crippen LogP contribution in [-0.4, -0.2) is 10.9 Å². The van der Waals surface area contributed by atoms with Gasteiger partial charge in [0.25, 0.3) is 0 Å². The zero-order valence-corrected chi connectivity index (χ0v) is 15.3. The lowest BCUT2D eigenvalue weighted by atomic mass is 10.2. The van der Waals surface area contributed by atoms with Crippen LogP contribution in [0.25, 0.3) is 0 Å². The first-order valence-electron chi connectivity index (χ1n) is 8.26. The van der Waals surface area contributed by atoms with Gasteiger partial charge < -0.3 is 4.74 Å². The molecule has 0 unspecified atom stereocenters. The maximum atomic E-state index is 11.9. The molecule has 1 heterocycles. The van der Waals surface area contributed by atoms with Crippen LogP contribution in [0.15, 0.2) is 60.0 Å². The van der Waals surface area contributed by atoms with E-state index in [2.05, 4.69) is 10.5 Å². The Labute approximate surface area is 156 Å². The molecule has 0 atom stereocenters. The summed E-state index contributed by atoms with van der Waals surface area (Å²) in [5.41, 5.74) is 5.34. The second-order valence-corrected chi connectivity index (χ2v) is 6.75. The number of carbonyl (C=O) groups is 1. The maximum Gasteiger partial charge on any atom is 0.249 e. The topological polar surface area (TPSA) is 60.5 Å². The monoisotopic (exact) mass is 368 g/mol. The third-order valence-corrected chi connectivity index (χ3v) is 4.46. The highest BCUT2D eigenvalue weighted by molar-refractivity contribution is 7.09. The molecule has 1 aromatic heterocycles. The van der Waals surface area contributed by atoms with E-state index in [1.54, 1.807) is 0 Å². The molecule has 0 aliphatic heterocycles. The van der Waals surface area contributed by atoms with Gasteiger partial charge in [0.1, 0.15) is 17.4 Å². The highest BCUT2D eigenvalue weighted by atomic mass is 32.1. The van der Waals surface area contributed by atoms with E-state index in [9.17, 15) is 4.79 Å². The van der Waals surface area contributed by atoms with E-state index >= 15 is 0 Å². The van der Waals surface area contributed by atoms with Crippen LogP contribution in [0, 0.1) is 6.92 Å². The minimum Gasteiger partial charge on any atom is -0.486 e. The van der Waals surface area contributed by atoms with Gasteiger partial charge in [0.2, 0.25) is 5.91 Å². The van der Waals surface area contributed by atoms with E-state index < -0.39 is 0 Å². The van der Waals surface area contributed by atoms with Crippen LogP contribution in [0.3, 0.4) is 0 Å². The van der Waals surface area contributed by atoms with E-state index in [0.717, 1.165) is 16.3 Å². The number of amides is 1. The SMILES string of the molecule is Cc1ccc(OCc2nc(CC(=O)NOCc3ccccc3)cs2)cc1. The smallest absolute Gasteiger partial charge is 0.249 e. The molecule has 5 nitrogen and oxygen atoms in total. The molecule has 3 rings (SSSR count). The summed E-state index contributed by atoms with van der Waals surface area (Å²) >= 11 is 1.48.